The van der Waals surface area contributed by atoms with E-state index in [1.54, 1.807) is 6.92 Å². The monoisotopic (exact) mass is 412 g/mol. The molecular formula is C19H25ClN2O4S. The zero-order valence-electron chi connectivity index (χ0n) is 15.4. The standard InChI is InChI=1S/C19H24N2O4S.ClH/c1-15-14-17(19(22)25-2)8-9-18(15)26(23,24)21(13-11-20)12-10-16-6-4-3-5-7-16;/h3-9,14H,10-13,20H2,1-2H3;1H. The highest BCUT2D eigenvalue weighted by Crippen LogP contribution is 2.22. The minimum Gasteiger partial charge on any atom is -0.465 e. The number of halogens is 1. The molecule has 0 aliphatic carbocycles. The summed E-state index contributed by atoms with van der Waals surface area (Å²) in [5.41, 5.74) is 7.50. The summed E-state index contributed by atoms with van der Waals surface area (Å²) in [6, 6.07) is 14.1. The van der Waals surface area contributed by atoms with Gasteiger partial charge >= 0.3 is 5.97 Å². The number of rotatable bonds is 8. The number of aryl methyl sites for hydroxylation is 1. The Hall–Kier alpha value is -1.93. The van der Waals surface area contributed by atoms with Gasteiger partial charge in [-0.05, 0) is 42.7 Å². The third-order valence-corrected chi connectivity index (χ3v) is 6.14. The van der Waals surface area contributed by atoms with E-state index in [9.17, 15) is 13.2 Å². The molecule has 0 saturated carbocycles. The van der Waals surface area contributed by atoms with Crippen LogP contribution in [0.25, 0.3) is 0 Å². The fraction of sp³-hybridized carbons (Fsp3) is 0.316. The van der Waals surface area contributed by atoms with Crippen LogP contribution in [0.5, 0.6) is 0 Å². The van der Waals surface area contributed by atoms with E-state index in [1.807, 2.05) is 30.3 Å². The topological polar surface area (TPSA) is 89.7 Å². The lowest BCUT2D eigenvalue weighted by atomic mass is 10.1. The van der Waals surface area contributed by atoms with Crippen molar-refractivity contribution in [2.45, 2.75) is 18.2 Å². The molecule has 2 rings (SSSR count). The first-order valence-electron chi connectivity index (χ1n) is 8.33. The van der Waals surface area contributed by atoms with Gasteiger partial charge in [0.25, 0.3) is 0 Å². The number of esters is 1. The molecule has 6 nitrogen and oxygen atoms in total. The highest BCUT2D eigenvalue weighted by atomic mass is 35.5. The van der Waals surface area contributed by atoms with Gasteiger partial charge in [0.1, 0.15) is 0 Å². The van der Waals surface area contributed by atoms with Gasteiger partial charge in [-0.1, -0.05) is 30.3 Å². The molecule has 2 aromatic rings. The zero-order valence-corrected chi connectivity index (χ0v) is 17.1. The minimum atomic E-state index is -3.71. The average molecular weight is 413 g/mol. The van der Waals surface area contributed by atoms with Crippen molar-refractivity contribution in [3.63, 3.8) is 0 Å². The molecule has 27 heavy (non-hydrogen) atoms. The van der Waals surface area contributed by atoms with Crippen molar-refractivity contribution in [2.24, 2.45) is 5.73 Å². The summed E-state index contributed by atoms with van der Waals surface area (Å²) in [5.74, 6) is -0.500. The molecule has 0 heterocycles. The summed E-state index contributed by atoms with van der Waals surface area (Å²) in [4.78, 5) is 11.8. The van der Waals surface area contributed by atoms with Gasteiger partial charge in [0.05, 0.1) is 17.6 Å². The van der Waals surface area contributed by atoms with Crippen LogP contribution >= 0.6 is 12.4 Å². The number of nitrogens with zero attached hydrogens (tertiary/aromatic N) is 1. The molecule has 8 heteroatoms. The third-order valence-electron chi connectivity index (χ3n) is 4.09. The Labute approximate surface area is 166 Å². The number of carbonyl (C=O) groups is 1. The Bertz CT molecular complexity index is 857. The summed E-state index contributed by atoms with van der Waals surface area (Å²) in [6.07, 6.45) is 0.597. The number of sulfonamides is 1. The van der Waals surface area contributed by atoms with E-state index in [0.717, 1.165) is 5.56 Å². The van der Waals surface area contributed by atoms with E-state index in [-0.39, 0.29) is 30.4 Å². The molecule has 0 aliphatic rings. The molecule has 0 aliphatic heterocycles. The van der Waals surface area contributed by atoms with Crippen LogP contribution in [0.2, 0.25) is 0 Å². The molecular weight excluding hydrogens is 388 g/mol. The third kappa shape index (κ3) is 5.77. The van der Waals surface area contributed by atoms with Gasteiger partial charge in [-0.3, -0.25) is 0 Å². The van der Waals surface area contributed by atoms with Crippen LogP contribution in [0, 0.1) is 6.92 Å². The van der Waals surface area contributed by atoms with Gasteiger partial charge < -0.3 is 10.5 Å². The Morgan fingerprint density at radius 3 is 2.33 bits per heavy atom. The van der Waals surface area contributed by atoms with Gasteiger partial charge in [0.15, 0.2) is 0 Å². The maximum Gasteiger partial charge on any atom is 0.337 e. The van der Waals surface area contributed by atoms with Crippen molar-refractivity contribution in [1.29, 1.82) is 0 Å². The number of carbonyl (C=O) groups excluding carboxylic acids is 1. The Morgan fingerprint density at radius 1 is 1.11 bits per heavy atom. The first-order chi connectivity index (χ1) is 12.4. The maximum absolute atomic E-state index is 13.1. The molecule has 148 valence electrons. The number of nitrogens with two attached hydrogens (primary N) is 1. The Kier molecular flexibility index (Phi) is 8.92. The van der Waals surface area contributed by atoms with Crippen LogP contribution < -0.4 is 5.73 Å². The van der Waals surface area contributed by atoms with Crippen molar-refractivity contribution >= 4 is 28.4 Å². The van der Waals surface area contributed by atoms with Gasteiger partial charge in [0.2, 0.25) is 10.0 Å². The smallest absolute Gasteiger partial charge is 0.337 e. The molecule has 2 aromatic carbocycles. The minimum absolute atomic E-state index is 0. The molecule has 0 unspecified atom stereocenters. The fourth-order valence-electron chi connectivity index (χ4n) is 2.72. The van der Waals surface area contributed by atoms with Crippen molar-refractivity contribution in [1.82, 2.24) is 4.31 Å². The molecule has 0 saturated heterocycles. The van der Waals surface area contributed by atoms with Gasteiger partial charge in [0, 0.05) is 19.6 Å². The van der Waals surface area contributed by atoms with Crippen LogP contribution in [0.1, 0.15) is 21.5 Å². The lowest BCUT2D eigenvalue weighted by molar-refractivity contribution is 0.0600. The summed E-state index contributed by atoms with van der Waals surface area (Å²) in [5, 5.41) is 0. The van der Waals surface area contributed by atoms with Gasteiger partial charge in [-0.25, -0.2) is 13.2 Å². The molecule has 0 amide bonds. The van der Waals surface area contributed by atoms with Crippen LogP contribution in [0.15, 0.2) is 53.4 Å². The molecule has 0 spiro atoms. The second kappa shape index (κ2) is 10.4. The highest BCUT2D eigenvalue weighted by molar-refractivity contribution is 7.89. The SMILES string of the molecule is COC(=O)c1ccc(S(=O)(=O)N(CCN)CCc2ccccc2)c(C)c1.Cl. The summed E-state index contributed by atoms with van der Waals surface area (Å²) < 4.78 is 32.2. The molecule has 0 atom stereocenters. The first-order valence-corrected chi connectivity index (χ1v) is 9.77. The predicted octanol–water partition coefficient (Wildman–Crippen LogP) is 2.40. The van der Waals surface area contributed by atoms with Crippen LogP contribution in [-0.2, 0) is 21.2 Å². The van der Waals surface area contributed by atoms with Crippen molar-refractivity contribution < 1.29 is 17.9 Å². The van der Waals surface area contributed by atoms with Crippen LogP contribution in [0.4, 0.5) is 0 Å². The first kappa shape index (κ1) is 23.1. The second-order valence-corrected chi connectivity index (χ2v) is 7.81. The number of hydrogen-bond donors (Lipinski definition) is 1. The highest BCUT2D eigenvalue weighted by Gasteiger charge is 2.26. The van der Waals surface area contributed by atoms with E-state index < -0.39 is 16.0 Å². The predicted molar refractivity (Wildman–Crippen MR) is 108 cm³/mol. The zero-order chi connectivity index (χ0) is 19.2. The van der Waals surface area contributed by atoms with Crippen molar-refractivity contribution in [2.75, 3.05) is 26.7 Å². The van der Waals surface area contributed by atoms with E-state index in [4.69, 9.17) is 5.73 Å². The number of benzene rings is 2. The van der Waals surface area contributed by atoms with E-state index >= 15 is 0 Å². The maximum atomic E-state index is 13.1. The average Bonchev–Trinajstić information content (AvgIpc) is 2.64. The molecule has 2 N–H and O–H groups in total. The van der Waals surface area contributed by atoms with E-state index in [2.05, 4.69) is 4.74 Å². The molecule has 0 aromatic heterocycles. The summed E-state index contributed by atoms with van der Waals surface area (Å²) in [7, 11) is -2.43. The number of ether oxygens (including phenoxy) is 1. The molecule has 0 radical (unpaired) electrons. The fourth-order valence-corrected chi connectivity index (χ4v) is 4.38. The quantitative estimate of drug-likeness (QED) is 0.672. The number of methoxy groups -OCH3 is 1. The lowest BCUT2D eigenvalue weighted by Gasteiger charge is -2.23. The molecule has 0 fully saturated rings. The lowest BCUT2D eigenvalue weighted by Crippen LogP contribution is -2.37. The van der Waals surface area contributed by atoms with Crippen LogP contribution in [-0.4, -0.2) is 45.4 Å². The van der Waals surface area contributed by atoms with E-state index in [1.165, 1.54) is 29.6 Å². The van der Waals surface area contributed by atoms with Crippen LogP contribution in [0.3, 0.4) is 0 Å². The van der Waals surface area contributed by atoms with Crippen molar-refractivity contribution in [3.8, 4) is 0 Å². The Balaban J connectivity index is 0.00000364. The number of hydrogen-bond acceptors (Lipinski definition) is 5. The summed E-state index contributed by atoms with van der Waals surface area (Å²) >= 11 is 0. The summed E-state index contributed by atoms with van der Waals surface area (Å²) in [6.45, 7) is 2.46. The van der Waals surface area contributed by atoms with Gasteiger partial charge in [-0.15, -0.1) is 12.4 Å². The largest absolute Gasteiger partial charge is 0.465 e. The van der Waals surface area contributed by atoms with Gasteiger partial charge in [-0.2, -0.15) is 4.31 Å². The Morgan fingerprint density at radius 2 is 1.78 bits per heavy atom. The second-order valence-electron chi connectivity index (χ2n) is 5.90. The van der Waals surface area contributed by atoms with Crippen molar-refractivity contribution in [3.05, 3.63) is 65.2 Å². The molecule has 0 bridgehead atoms. The normalized spacial score (nSPS) is 11.1. The van der Waals surface area contributed by atoms with E-state index in [0.29, 0.717) is 24.1 Å².